The average Bonchev–Trinajstić information content (AvgIpc) is 2.56. The van der Waals surface area contributed by atoms with Crippen molar-refractivity contribution < 1.29 is 9.47 Å². The zero-order chi connectivity index (χ0) is 15.1. The van der Waals surface area contributed by atoms with Crippen molar-refractivity contribution >= 4 is 17.2 Å². The highest BCUT2D eigenvalue weighted by Gasteiger charge is 2.18. The van der Waals surface area contributed by atoms with Crippen molar-refractivity contribution in [2.75, 3.05) is 38.8 Å². The summed E-state index contributed by atoms with van der Waals surface area (Å²) in [7, 11) is 1.60. The Morgan fingerprint density at radius 2 is 2.05 bits per heavy atom. The zero-order valence-corrected chi connectivity index (χ0v) is 11.8. The smallest absolute Gasteiger partial charge is 0.202 e. The third kappa shape index (κ3) is 3.94. The minimum atomic E-state index is 0.0488. The van der Waals surface area contributed by atoms with Crippen LogP contribution in [0.2, 0.25) is 0 Å². The molecule has 0 aliphatic carbocycles. The van der Waals surface area contributed by atoms with E-state index in [0.29, 0.717) is 26.3 Å². The van der Waals surface area contributed by atoms with Gasteiger partial charge in [-0.2, -0.15) is 10.4 Å². The standard InChI is InChI=1S/C14H17N5O2/c1-20-12-4-2-11(3-5-12)17-18-13(10-15)14(16)19-6-8-21-9-7-19/h2-5,16-17H,6-9H2,1H3. The number of anilines is 1. The van der Waals surface area contributed by atoms with E-state index >= 15 is 0 Å². The second kappa shape index (κ2) is 7.26. The number of morpholine rings is 1. The fourth-order valence-electron chi connectivity index (χ4n) is 1.85. The van der Waals surface area contributed by atoms with Gasteiger partial charge in [-0.15, -0.1) is 0 Å². The third-order valence-electron chi connectivity index (χ3n) is 3.04. The van der Waals surface area contributed by atoms with Crippen LogP contribution in [0.4, 0.5) is 5.69 Å². The molecule has 0 aromatic heterocycles. The Balaban J connectivity index is 2.02. The Kier molecular flexibility index (Phi) is 5.12. The molecule has 0 radical (unpaired) electrons. The fraction of sp³-hybridized carbons (Fsp3) is 0.357. The van der Waals surface area contributed by atoms with Crippen molar-refractivity contribution in [2.24, 2.45) is 5.10 Å². The van der Waals surface area contributed by atoms with Crippen LogP contribution in [0.3, 0.4) is 0 Å². The van der Waals surface area contributed by atoms with Gasteiger partial charge < -0.3 is 14.4 Å². The molecule has 0 unspecified atom stereocenters. The number of hydrazone groups is 1. The van der Waals surface area contributed by atoms with E-state index in [0.717, 1.165) is 11.4 Å². The topological polar surface area (TPSA) is 93.7 Å². The van der Waals surface area contributed by atoms with Gasteiger partial charge in [-0.1, -0.05) is 0 Å². The number of nitrogens with one attached hydrogen (secondary N) is 2. The van der Waals surface area contributed by atoms with E-state index in [4.69, 9.17) is 20.1 Å². The first kappa shape index (κ1) is 14.8. The van der Waals surface area contributed by atoms with Crippen molar-refractivity contribution in [1.29, 1.82) is 10.7 Å². The SMILES string of the molecule is COc1ccc(NN=C(C#N)C(=N)N2CCOCC2)cc1. The van der Waals surface area contributed by atoms with Gasteiger partial charge >= 0.3 is 0 Å². The van der Waals surface area contributed by atoms with Crippen LogP contribution in [0.5, 0.6) is 5.75 Å². The highest BCUT2D eigenvalue weighted by atomic mass is 16.5. The number of methoxy groups -OCH3 is 1. The third-order valence-corrected chi connectivity index (χ3v) is 3.04. The van der Waals surface area contributed by atoms with E-state index in [2.05, 4.69) is 10.5 Å². The van der Waals surface area contributed by atoms with Crippen LogP contribution in [0.25, 0.3) is 0 Å². The number of amidine groups is 1. The van der Waals surface area contributed by atoms with Crippen molar-refractivity contribution in [3.05, 3.63) is 24.3 Å². The fourth-order valence-corrected chi connectivity index (χ4v) is 1.85. The number of nitriles is 1. The average molecular weight is 287 g/mol. The van der Waals surface area contributed by atoms with Crippen molar-refractivity contribution in [2.45, 2.75) is 0 Å². The predicted molar refractivity (Wildman–Crippen MR) is 79.8 cm³/mol. The first-order valence-corrected chi connectivity index (χ1v) is 6.54. The summed E-state index contributed by atoms with van der Waals surface area (Å²) in [5.41, 5.74) is 3.55. The number of nitrogens with zero attached hydrogens (tertiary/aromatic N) is 3. The summed E-state index contributed by atoms with van der Waals surface area (Å²) in [6, 6.07) is 9.10. The van der Waals surface area contributed by atoms with Gasteiger partial charge in [-0.25, -0.2) is 0 Å². The molecule has 1 aliphatic rings. The molecule has 1 heterocycles. The van der Waals surface area contributed by atoms with Gasteiger partial charge in [0.2, 0.25) is 5.71 Å². The molecule has 0 bridgehead atoms. The summed E-state index contributed by atoms with van der Waals surface area (Å²) in [6.45, 7) is 2.32. The van der Waals surface area contributed by atoms with Crippen LogP contribution in [0.15, 0.2) is 29.4 Å². The van der Waals surface area contributed by atoms with E-state index in [1.54, 1.807) is 36.3 Å². The molecule has 21 heavy (non-hydrogen) atoms. The maximum atomic E-state index is 9.15. The summed E-state index contributed by atoms with van der Waals surface area (Å²) >= 11 is 0. The summed E-state index contributed by atoms with van der Waals surface area (Å²) < 4.78 is 10.3. The Labute approximate surface area is 123 Å². The minimum Gasteiger partial charge on any atom is -0.497 e. The van der Waals surface area contributed by atoms with Gasteiger partial charge in [0.1, 0.15) is 11.8 Å². The second-order valence-electron chi connectivity index (χ2n) is 4.36. The summed E-state index contributed by atoms with van der Waals surface area (Å²) in [5, 5.41) is 21.2. The highest BCUT2D eigenvalue weighted by molar-refractivity contribution is 6.46. The number of hydrogen-bond donors (Lipinski definition) is 2. The van der Waals surface area contributed by atoms with E-state index in [-0.39, 0.29) is 11.5 Å². The van der Waals surface area contributed by atoms with Gasteiger partial charge in [0.05, 0.1) is 26.0 Å². The van der Waals surface area contributed by atoms with E-state index in [1.165, 1.54) is 0 Å². The lowest BCUT2D eigenvalue weighted by molar-refractivity contribution is 0.0686. The number of rotatable bonds is 4. The first-order chi connectivity index (χ1) is 10.2. The molecule has 0 amide bonds. The number of ether oxygens (including phenoxy) is 2. The molecule has 1 aromatic carbocycles. The normalized spacial score (nSPS) is 15.2. The molecule has 2 rings (SSSR count). The Hall–Kier alpha value is -2.59. The zero-order valence-electron chi connectivity index (χ0n) is 11.8. The van der Waals surface area contributed by atoms with Gasteiger partial charge in [0, 0.05) is 13.1 Å². The summed E-state index contributed by atoms with van der Waals surface area (Å²) in [4.78, 5) is 1.78. The Morgan fingerprint density at radius 1 is 1.38 bits per heavy atom. The largest absolute Gasteiger partial charge is 0.497 e. The van der Waals surface area contributed by atoms with Crippen LogP contribution in [-0.2, 0) is 4.74 Å². The molecule has 1 aliphatic heterocycles. The minimum absolute atomic E-state index is 0.0488. The number of benzene rings is 1. The predicted octanol–water partition coefficient (Wildman–Crippen LogP) is 1.30. The Bertz CT molecular complexity index is 556. The van der Waals surface area contributed by atoms with Crippen molar-refractivity contribution in [1.82, 2.24) is 4.90 Å². The molecule has 0 saturated carbocycles. The molecule has 0 atom stereocenters. The van der Waals surface area contributed by atoms with Crippen molar-refractivity contribution in [3.8, 4) is 11.8 Å². The van der Waals surface area contributed by atoms with E-state index in [9.17, 15) is 0 Å². The van der Waals surface area contributed by atoms with Gasteiger partial charge in [-0.3, -0.25) is 10.8 Å². The maximum Gasteiger partial charge on any atom is 0.202 e. The lowest BCUT2D eigenvalue weighted by Crippen LogP contribution is -2.43. The van der Waals surface area contributed by atoms with Crippen LogP contribution in [-0.4, -0.2) is 49.9 Å². The molecule has 1 saturated heterocycles. The lowest BCUT2D eigenvalue weighted by Gasteiger charge is -2.28. The number of hydrogen-bond acceptors (Lipinski definition) is 6. The van der Waals surface area contributed by atoms with E-state index < -0.39 is 0 Å². The van der Waals surface area contributed by atoms with Gasteiger partial charge in [0.15, 0.2) is 5.84 Å². The monoisotopic (exact) mass is 287 g/mol. The van der Waals surface area contributed by atoms with Crippen molar-refractivity contribution in [3.63, 3.8) is 0 Å². The Morgan fingerprint density at radius 3 is 2.62 bits per heavy atom. The van der Waals surface area contributed by atoms with Gasteiger partial charge in [0.25, 0.3) is 0 Å². The lowest BCUT2D eigenvalue weighted by atomic mass is 10.3. The molecule has 110 valence electrons. The molecule has 1 aromatic rings. The molecule has 2 N–H and O–H groups in total. The van der Waals surface area contributed by atoms with E-state index in [1.807, 2.05) is 6.07 Å². The molecular weight excluding hydrogens is 270 g/mol. The molecule has 0 spiro atoms. The molecule has 7 nitrogen and oxygen atoms in total. The van der Waals surface area contributed by atoms with Crippen LogP contribution >= 0.6 is 0 Å². The molecular formula is C14H17N5O2. The molecule has 1 fully saturated rings. The second-order valence-corrected chi connectivity index (χ2v) is 4.36. The highest BCUT2D eigenvalue weighted by Crippen LogP contribution is 2.14. The van der Waals surface area contributed by atoms with Crippen LogP contribution in [0, 0.1) is 16.7 Å². The van der Waals surface area contributed by atoms with Crippen LogP contribution < -0.4 is 10.2 Å². The quantitative estimate of drug-likeness (QED) is 0.494. The first-order valence-electron chi connectivity index (χ1n) is 6.54. The summed E-state index contributed by atoms with van der Waals surface area (Å²) in [5.74, 6) is 0.855. The maximum absolute atomic E-state index is 9.15. The van der Waals surface area contributed by atoms with Gasteiger partial charge in [-0.05, 0) is 24.3 Å². The molecule has 7 heteroatoms. The van der Waals surface area contributed by atoms with Crippen LogP contribution in [0.1, 0.15) is 0 Å². The summed E-state index contributed by atoms with van der Waals surface area (Å²) in [6.07, 6.45) is 0.